The highest BCUT2D eigenvalue weighted by atomic mass is 32.2. The van der Waals surface area contributed by atoms with Gasteiger partial charge in [-0.1, -0.05) is 36.7 Å². The van der Waals surface area contributed by atoms with Crippen LogP contribution in [0.1, 0.15) is 32.6 Å². The molecule has 2 heterocycles. The van der Waals surface area contributed by atoms with Crippen molar-refractivity contribution >= 4 is 17.7 Å². The lowest BCUT2D eigenvalue weighted by molar-refractivity contribution is -0.130. The Morgan fingerprint density at radius 2 is 1.92 bits per heavy atom. The molecule has 1 unspecified atom stereocenters. The van der Waals surface area contributed by atoms with Crippen molar-refractivity contribution in [3.63, 3.8) is 0 Å². The average molecular weight is 361 g/mol. The molecule has 1 aromatic carbocycles. The Labute approximate surface area is 151 Å². The Kier molecular flexibility index (Phi) is 5.96. The van der Waals surface area contributed by atoms with Crippen LogP contribution in [0.2, 0.25) is 0 Å². The van der Waals surface area contributed by atoms with Crippen LogP contribution in [0.5, 0.6) is 5.75 Å². The van der Waals surface area contributed by atoms with Crippen LogP contribution in [0.4, 0.5) is 0 Å². The summed E-state index contributed by atoms with van der Waals surface area (Å²) in [5, 5.41) is 8.32. The summed E-state index contributed by atoms with van der Waals surface area (Å²) >= 11 is 1.31. The SMILES string of the molecule is COc1ccccc1-c1nnc(SC(C)C(=O)N2CCCCCC2)o1. The third-order valence-corrected chi connectivity index (χ3v) is 5.21. The first-order valence-electron chi connectivity index (χ1n) is 8.61. The lowest BCUT2D eigenvalue weighted by Crippen LogP contribution is -2.37. The fraction of sp³-hybridized carbons (Fsp3) is 0.500. The van der Waals surface area contributed by atoms with Gasteiger partial charge in [0.15, 0.2) is 0 Å². The molecule has 3 rings (SSSR count). The van der Waals surface area contributed by atoms with Crippen LogP contribution in [-0.4, -0.2) is 46.5 Å². The summed E-state index contributed by atoms with van der Waals surface area (Å²) in [6.45, 7) is 3.59. The summed E-state index contributed by atoms with van der Waals surface area (Å²) in [5.41, 5.74) is 0.746. The van der Waals surface area contributed by atoms with Gasteiger partial charge in [0.25, 0.3) is 11.1 Å². The quantitative estimate of drug-likeness (QED) is 0.758. The minimum atomic E-state index is -0.246. The van der Waals surface area contributed by atoms with E-state index in [-0.39, 0.29) is 11.2 Å². The average Bonchev–Trinajstić information content (AvgIpc) is 2.93. The lowest BCUT2D eigenvalue weighted by Gasteiger charge is -2.23. The number of methoxy groups -OCH3 is 1. The molecular weight excluding hydrogens is 338 g/mol. The van der Waals surface area contributed by atoms with Crippen LogP contribution in [-0.2, 0) is 4.79 Å². The lowest BCUT2D eigenvalue weighted by atomic mass is 10.2. The minimum Gasteiger partial charge on any atom is -0.496 e. The summed E-state index contributed by atoms with van der Waals surface area (Å²) in [6.07, 6.45) is 4.58. The third kappa shape index (κ3) is 4.34. The van der Waals surface area contributed by atoms with Crippen LogP contribution in [0.3, 0.4) is 0 Å². The van der Waals surface area contributed by atoms with E-state index < -0.39 is 0 Å². The zero-order chi connectivity index (χ0) is 17.6. The first-order valence-corrected chi connectivity index (χ1v) is 9.49. The van der Waals surface area contributed by atoms with E-state index in [0.717, 1.165) is 31.5 Å². The molecule has 1 atom stereocenters. The van der Waals surface area contributed by atoms with Gasteiger partial charge in [-0.25, -0.2) is 0 Å². The summed E-state index contributed by atoms with van der Waals surface area (Å²) in [7, 11) is 1.60. The molecular formula is C18H23N3O3S. The number of ether oxygens (including phenoxy) is 1. The molecule has 0 saturated carbocycles. The third-order valence-electron chi connectivity index (χ3n) is 4.29. The van der Waals surface area contributed by atoms with Gasteiger partial charge in [0.2, 0.25) is 5.91 Å². The van der Waals surface area contributed by atoms with Crippen molar-refractivity contribution in [1.82, 2.24) is 15.1 Å². The van der Waals surface area contributed by atoms with Crippen molar-refractivity contribution in [1.29, 1.82) is 0 Å². The molecule has 6 nitrogen and oxygen atoms in total. The van der Waals surface area contributed by atoms with Crippen LogP contribution in [0, 0.1) is 0 Å². The normalized spacial score (nSPS) is 16.3. The summed E-state index contributed by atoms with van der Waals surface area (Å²) in [4.78, 5) is 14.6. The molecule has 1 aliphatic rings. The molecule has 7 heteroatoms. The number of benzene rings is 1. The predicted octanol–water partition coefficient (Wildman–Crippen LogP) is 3.63. The van der Waals surface area contributed by atoms with E-state index in [2.05, 4.69) is 10.2 Å². The Morgan fingerprint density at radius 1 is 1.20 bits per heavy atom. The number of thioether (sulfide) groups is 1. The largest absolute Gasteiger partial charge is 0.496 e. The van der Waals surface area contributed by atoms with Gasteiger partial charge in [0.05, 0.1) is 17.9 Å². The molecule has 25 heavy (non-hydrogen) atoms. The number of carbonyl (C=O) groups is 1. The highest BCUT2D eigenvalue weighted by Gasteiger charge is 2.24. The van der Waals surface area contributed by atoms with E-state index in [1.54, 1.807) is 7.11 Å². The van der Waals surface area contributed by atoms with E-state index in [1.165, 1.54) is 24.6 Å². The summed E-state index contributed by atoms with van der Waals surface area (Å²) in [6, 6.07) is 7.49. The second-order valence-electron chi connectivity index (χ2n) is 6.07. The van der Waals surface area contributed by atoms with Crippen LogP contribution in [0.25, 0.3) is 11.5 Å². The van der Waals surface area contributed by atoms with Crippen LogP contribution < -0.4 is 4.74 Å². The molecule has 0 bridgehead atoms. The van der Waals surface area contributed by atoms with Crippen LogP contribution in [0.15, 0.2) is 33.9 Å². The second kappa shape index (κ2) is 8.38. The Morgan fingerprint density at radius 3 is 2.64 bits per heavy atom. The van der Waals surface area contributed by atoms with Crippen molar-refractivity contribution < 1.29 is 13.9 Å². The molecule has 2 aromatic rings. The predicted molar refractivity (Wildman–Crippen MR) is 96.7 cm³/mol. The Balaban J connectivity index is 1.67. The van der Waals surface area contributed by atoms with E-state index in [0.29, 0.717) is 16.9 Å². The monoisotopic (exact) mass is 361 g/mol. The van der Waals surface area contributed by atoms with Crippen molar-refractivity contribution in [2.45, 2.75) is 43.1 Å². The summed E-state index contributed by atoms with van der Waals surface area (Å²) in [5.74, 6) is 1.22. The Bertz CT molecular complexity index is 711. The number of likely N-dealkylation sites (tertiary alicyclic amines) is 1. The molecule has 1 fully saturated rings. The van der Waals surface area contributed by atoms with E-state index >= 15 is 0 Å². The molecule has 1 saturated heterocycles. The molecule has 1 amide bonds. The van der Waals surface area contributed by atoms with Crippen molar-refractivity contribution in [2.24, 2.45) is 0 Å². The maximum atomic E-state index is 12.6. The molecule has 0 radical (unpaired) electrons. The highest BCUT2D eigenvalue weighted by Crippen LogP contribution is 2.31. The Hall–Kier alpha value is -2.02. The minimum absolute atomic E-state index is 0.143. The van der Waals surface area contributed by atoms with Gasteiger partial charge >= 0.3 is 0 Å². The number of para-hydroxylation sites is 1. The number of nitrogens with zero attached hydrogens (tertiary/aromatic N) is 3. The number of hydrogen-bond donors (Lipinski definition) is 0. The van der Waals surface area contributed by atoms with Gasteiger partial charge in [-0.15, -0.1) is 10.2 Å². The zero-order valence-corrected chi connectivity index (χ0v) is 15.4. The first-order chi connectivity index (χ1) is 12.2. The second-order valence-corrected chi connectivity index (χ2v) is 7.37. The van der Waals surface area contributed by atoms with Crippen molar-refractivity contribution in [2.75, 3.05) is 20.2 Å². The van der Waals surface area contributed by atoms with Gasteiger partial charge in [-0.3, -0.25) is 4.79 Å². The van der Waals surface area contributed by atoms with Gasteiger partial charge in [-0.05, 0) is 31.9 Å². The molecule has 0 aliphatic carbocycles. The molecule has 1 aromatic heterocycles. The van der Waals surface area contributed by atoms with E-state index in [1.807, 2.05) is 36.1 Å². The molecule has 0 spiro atoms. The van der Waals surface area contributed by atoms with Gasteiger partial charge in [0, 0.05) is 13.1 Å². The van der Waals surface area contributed by atoms with Crippen molar-refractivity contribution in [3.8, 4) is 17.2 Å². The maximum Gasteiger partial charge on any atom is 0.277 e. The topological polar surface area (TPSA) is 68.5 Å². The van der Waals surface area contributed by atoms with Crippen molar-refractivity contribution in [3.05, 3.63) is 24.3 Å². The fourth-order valence-electron chi connectivity index (χ4n) is 2.94. The molecule has 0 N–H and O–H groups in total. The molecule has 134 valence electrons. The fourth-order valence-corrected chi connectivity index (χ4v) is 3.70. The number of aromatic nitrogens is 2. The van der Waals surface area contributed by atoms with E-state index in [4.69, 9.17) is 9.15 Å². The standard InChI is InChI=1S/C18H23N3O3S/c1-13(17(22)21-11-7-3-4-8-12-21)25-18-20-19-16(24-18)14-9-5-6-10-15(14)23-2/h5-6,9-10,13H,3-4,7-8,11-12H2,1-2H3. The van der Waals surface area contributed by atoms with E-state index in [9.17, 15) is 4.79 Å². The zero-order valence-electron chi connectivity index (χ0n) is 14.6. The van der Waals surface area contributed by atoms with Gasteiger partial charge in [0.1, 0.15) is 5.75 Å². The number of amides is 1. The summed E-state index contributed by atoms with van der Waals surface area (Å²) < 4.78 is 11.1. The number of carbonyl (C=O) groups excluding carboxylic acids is 1. The van der Waals surface area contributed by atoms with Gasteiger partial charge in [-0.2, -0.15) is 0 Å². The van der Waals surface area contributed by atoms with Gasteiger partial charge < -0.3 is 14.1 Å². The first kappa shape index (κ1) is 17.8. The number of rotatable bonds is 5. The van der Waals surface area contributed by atoms with Crippen LogP contribution >= 0.6 is 11.8 Å². The number of hydrogen-bond acceptors (Lipinski definition) is 6. The molecule has 1 aliphatic heterocycles. The highest BCUT2D eigenvalue weighted by molar-refractivity contribution is 8.00. The smallest absolute Gasteiger partial charge is 0.277 e. The maximum absolute atomic E-state index is 12.6.